The first-order valence-corrected chi connectivity index (χ1v) is 8.55. The minimum atomic E-state index is -0.316. The molecular weight excluding hydrogens is 368 g/mol. The smallest absolute Gasteiger partial charge is 0.225 e. The Morgan fingerprint density at radius 1 is 1.08 bits per heavy atom. The third-order valence-electron chi connectivity index (χ3n) is 3.72. The third kappa shape index (κ3) is 5.49. The summed E-state index contributed by atoms with van der Waals surface area (Å²) in [7, 11) is 1.78. The van der Waals surface area contributed by atoms with E-state index in [1.807, 2.05) is 54.6 Å². The zero-order valence-electron chi connectivity index (χ0n) is 13.8. The second kappa shape index (κ2) is 8.64. The number of nitrogens with zero attached hydrogens (tertiary/aromatic N) is 1. The topological polar surface area (TPSA) is 49.4 Å². The normalized spacial score (nSPS) is 11.6. The monoisotopic (exact) mass is 388 g/mol. The molecule has 5 heteroatoms. The van der Waals surface area contributed by atoms with Gasteiger partial charge in [0.2, 0.25) is 11.8 Å². The van der Waals surface area contributed by atoms with Crippen molar-refractivity contribution in [3.05, 3.63) is 70.2 Å². The van der Waals surface area contributed by atoms with Gasteiger partial charge in [0.1, 0.15) is 0 Å². The fourth-order valence-electron chi connectivity index (χ4n) is 2.47. The molecule has 1 atom stereocenters. The number of hydrogen-bond donors (Lipinski definition) is 1. The van der Waals surface area contributed by atoms with E-state index in [-0.39, 0.29) is 24.3 Å². The number of amides is 2. The van der Waals surface area contributed by atoms with E-state index < -0.39 is 0 Å². The van der Waals surface area contributed by atoms with Crippen LogP contribution >= 0.6 is 15.9 Å². The highest BCUT2D eigenvalue weighted by Crippen LogP contribution is 2.18. The molecule has 0 unspecified atom stereocenters. The largest absolute Gasteiger partial charge is 0.349 e. The van der Waals surface area contributed by atoms with Crippen molar-refractivity contribution in [2.24, 2.45) is 0 Å². The van der Waals surface area contributed by atoms with Crippen molar-refractivity contribution in [3.8, 4) is 0 Å². The first-order chi connectivity index (χ1) is 11.5. The van der Waals surface area contributed by atoms with E-state index in [9.17, 15) is 9.59 Å². The zero-order valence-corrected chi connectivity index (χ0v) is 15.4. The van der Waals surface area contributed by atoms with Crippen molar-refractivity contribution < 1.29 is 9.59 Å². The van der Waals surface area contributed by atoms with E-state index in [0.717, 1.165) is 15.6 Å². The average Bonchev–Trinajstić information content (AvgIpc) is 2.56. The Bertz CT molecular complexity index is 686. The summed E-state index contributed by atoms with van der Waals surface area (Å²) < 4.78 is 1.01. The predicted octanol–water partition coefficient (Wildman–Crippen LogP) is 3.68. The maximum Gasteiger partial charge on any atom is 0.225 e. The van der Waals surface area contributed by atoms with Crippen LogP contribution < -0.4 is 5.32 Å². The van der Waals surface area contributed by atoms with Crippen molar-refractivity contribution >= 4 is 27.7 Å². The molecule has 0 spiro atoms. The molecule has 1 N–H and O–H groups in total. The highest BCUT2D eigenvalue weighted by Gasteiger charge is 2.19. The van der Waals surface area contributed by atoms with Gasteiger partial charge in [-0.25, -0.2) is 0 Å². The first kappa shape index (κ1) is 18.2. The predicted molar refractivity (Wildman–Crippen MR) is 98.2 cm³/mol. The van der Waals surface area contributed by atoms with Gasteiger partial charge in [0.15, 0.2) is 0 Å². The average molecular weight is 389 g/mol. The van der Waals surface area contributed by atoms with Crippen LogP contribution in [0.1, 0.15) is 30.5 Å². The molecule has 0 aliphatic carbocycles. The molecule has 2 rings (SSSR count). The van der Waals surface area contributed by atoms with Crippen LogP contribution in [0.25, 0.3) is 0 Å². The molecular formula is C19H21BrN2O2. The number of benzene rings is 2. The number of hydrogen-bond acceptors (Lipinski definition) is 2. The molecule has 24 heavy (non-hydrogen) atoms. The lowest BCUT2D eigenvalue weighted by Crippen LogP contribution is -2.33. The van der Waals surface area contributed by atoms with Crippen molar-refractivity contribution in [2.75, 3.05) is 7.05 Å². The maximum absolute atomic E-state index is 12.5. The van der Waals surface area contributed by atoms with Gasteiger partial charge in [0.25, 0.3) is 0 Å². The van der Waals surface area contributed by atoms with Gasteiger partial charge in [-0.3, -0.25) is 9.59 Å². The summed E-state index contributed by atoms with van der Waals surface area (Å²) in [6.45, 7) is 2.00. The lowest BCUT2D eigenvalue weighted by atomic mass is 10.0. The fraction of sp³-hybridized carbons (Fsp3) is 0.263. The van der Waals surface area contributed by atoms with Crippen LogP contribution in [0.4, 0.5) is 0 Å². The first-order valence-electron chi connectivity index (χ1n) is 7.76. The molecule has 2 aromatic rings. The second-order valence-electron chi connectivity index (χ2n) is 5.74. The second-order valence-corrected chi connectivity index (χ2v) is 6.66. The summed E-state index contributed by atoms with van der Waals surface area (Å²) >= 11 is 3.40. The van der Waals surface area contributed by atoms with Gasteiger partial charge in [0, 0.05) is 25.0 Å². The van der Waals surface area contributed by atoms with Gasteiger partial charge in [-0.1, -0.05) is 58.4 Å². The molecule has 0 saturated carbocycles. The molecule has 2 aromatic carbocycles. The minimum absolute atomic E-state index is 0.0134. The molecule has 126 valence electrons. The summed E-state index contributed by atoms with van der Waals surface area (Å²) in [5.74, 6) is -0.160. The molecule has 2 amide bonds. The van der Waals surface area contributed by atoms with Gasteiger partial charge in [-0.05, 0) is 23.3 Å². The molecule has 0 bridgehead atoms. The number of carbonyl (C=O) groups excluding carboxylic acids is 2. The molecule has 0 aliphatic heterocycles. The van der Waals surface area contributed by atoms with Gasteiger partial charge < -0.3 is 10.2 Å². The molecule has 0 aliphatic rings. The quantitative estimate of drug-likeness (QED) is 0.820. The van der Waals surface area contributed by atoms with E-state index in [4.69, 9.17) is 0 Å². The summed E-state index contributed by atoms with van der Waals surface area (Å²) in [4.78, 5) is 25.7. The maximum atomic E-state index is 12.5. The Kier molecular flexibility index (Phi) is 6.55. The summed E-state index contributed by atoms with van der Waals surface area (Å²) in [6.07, 6.45) is 0.233. The van der Waals surface area contributed by atoms with E-state index in [1.54, 1.807) is 11.9 Å². The highest BCUT2D eigenvalue weighted by atomic mass is 79.9. The van der Waals surface area contributed by atoms with Crippen molar-refractivity contribution in [2.45, 2.75) is 25.9 Å². The third-order valence-corrected chi connectivity index (χ3v) is 4.25. The van der Waals surface area contributed by atoms with E-state index in [0.29, 0.717) is 6.54 Å². The van der Waals surface area contributed by atoms with Crippen molar-refractivity contribution in [1.82, 2.24) is 10.2 Å². The number of carbonyl (C=O) groups is 2. The van der Waals surface area contributed by atoms with Crippen LogP contribution in [0.15, 0.2) is 59.1 Å². The molecule has 0 fully saturated rings. The zero-order chi connectivity index (χ0) is 17.5. The Balaban J connectivity index is 2.03. The van der Waals surface area contributed by atoms with Crippen LogP contribution in [0.5, 0.6) is 0 Å². The molecule has 4 nitrogen and oxygen atoms in total. The lowest BCUT2D eigenvalue weighted by Gasteiger charge is -2.22. The van der Waals surface area contributed by atoms with Gasteiger partial charge in [-0.15, -0.1) is 0 Å². The molecule has 0 aromatic heterocycles. The SMILES string of the molecule is CC(=O)N[C@H](CC(=O)N(C)Cc1ccc(Br)cc1)c1ccccc1. The molecule has 0 saturated heterocycles. The van der Waals surface area contributed by atoms with Gasteiger partial charge in [0.05, 0.1) is 12.5 Å². The van der Waals surface area contributed by atoms with Crippen molar-refractivity contribution in [1.29, 1.82) is 0 Å². The summed E-state index contributed by atoms with van der Waals surface area (Å²) in [5, 5.41) is 2.86. The van der Waals surface area contributed by atoms with Crippen LogP contribution in [0.2, 0.25) is 0 Å². The van der Waals surface area contributed by atoms with Gasteiger partial charge in [-0.2, -0.15) is 0 Å². The summed E-state index contributed by atoms with van der Waals surface area (Å²) in [6, 6.07) is 17.1. The minimum Gasteiger partial charge on any atom is -0.349 e. The van der Waals surface area contributed by atoms with E-state index in [1.165, 1.54) is 6.92 Å². The lowest BCUT2D eigenvalue weighted by molar-refractivity contribution is -0.131. The van der Waals surface area contributed by atoms with E-state index >= 15 is 0 Å². The Hall–Kier alpha value is -2.14. The van der Waals surface area contributed by atoms with E-state index in [2.05, 4.69) is 21.2 Å². The number of halogens is 1. The molecule has 0 radical (unpaired) electrons. The van der Waals surface area contributed by atoms with Crippen LogP contribution in [0.3, 0.4) is 0 Å². The highest BCUT2D eigenvalue weighted by molar-refractivity contribution is 9.10. The standard InChI is InChI=1S/C19H21BrN2O2/c1-14(23)21-18(16-6-4-3-5-7-16)12-19(24)22(2)13-15-8-10-17(20)11-9-15/h3-11,18H,12-13H2,1-2H3,(H,21,23)/t18-/m1/s1. The Morgan fingerprint density at radius 3 is 2.29 bits per heavy atom. The Morgan fingerprint density at radius 2 is 1.71 bits per heavy atom. The number of rotatable bonds is 6. The Labute approximate surface area is 151 Å². The fourth-order valence-corrected chi connectivity index (χ4v) is 2.73. The summed E-state index contributed by atoms with van der Waals surface area (Å²) in [5.41, 5.74) is 1.99. The van der Waals surface area contributed by atoms with Crippen LogP contribution in [0, 0.1) is 0 Å². The number of nitrogens with one attached hydrogen (secondary N) is 1. The van der Waals surface area contributed by atoms with Gasteiger partial charge >= 0.3 is 0 Å². The van der Waals surface area contributed by atoms with Crippen LogP contribution in [-0.2, 0) is 16.1 Å². The van der Waals surface area contributed by atoms with Crippen molar-refractivity contribution in [3.63, 3.8) is 0 Å². The van der Waals surface area contributed by atoms with Crippen LogP contribution in [-0.4, -0.2) is 23.8 Å². The molecule has 0 heterocycles.